The summed E-state index contributed by atoms with van der Waals surface area (Å²) in [5.41, 5.74) is 0.765. The van der Waals surface area contributed by atoms with E-state index in [4.69, 9.17) is 9.47 Å². The molecular formula is C19H16O5. The maximum absolute atomic E-state index is 12.0. The van der Waals surface area contributed by atoms with Crippen LogP contribution in [0.1, 0.15) is 20.7 Å². The average Bonchev–Trinajstić information content (AvgIpc) is 2.65. The van der Waals surface area contributed by atoms with Gasteiger partial charge < -0.3 is 9.47 Å². The van der Waals surface area contributed by atoms with E-state index in [1.54, 1.807) is 60.7 Å². The number of esters is 2. The summed E-state index contributed by atoms with van der Waals surface area (Å²) in [6.07, 6.45) is 2.27. The fourth-order valence-corrected chi connectivity index (χ4v) is 1.89. The van der Waals surface area contributed by atoms with E-state index in [0.29, 0.717) is 17.4 Å². The van der Waals surface area contributed by atoms with Crippen molar-refractivity contribution >= 4 is 18.2 Å². The van der Waals surface area contributed by atoms with Crippen molar-refractivity contribution in [2.24, 2.45) is 0 Å². The average molecular weight is 324 g/mol. The third-order valence-electron chi connectivity index (χ3n) is 3.06. The molecular weight excluding hydrogens is 308 g/mol. The molecule has 2 rings (SSSR count). The Balaban J connectivity index is 1.98. The summed E-state index contributed by atoms with van der Waals surface area (Å²) in [4.78, 5) is 34.5. The normalized spacial score (nSPS) is 11.7. The van der Waals surface area contributed by atoms with E-state index in [-0.39, 0.29) is 6.61 Å². The van der Waals surface area contributed by atoms with Gasteiger partial charge in [-0.05, 0) is 36.4 Å². The molecule has 0 saturated heterocycles. The molecule has 2 aromatic carbocycles. The molecule has 0 amide bonds. The van der Waals surface area contributed by atoms with Gasteiger partial charge in [0.25, 0.3) is 0 Å². The van der Waals surface area contributed by atoms with Crippen LogP contribution in [0.4, 0.5) is 0 Å². The van der Waals surface area contributed by atoms with Gasteiger partial charge >= 0.3 is 11.9 Å². The van der Waals surface area contributed by atoms with Crippen molar-refractivity contribution in [2.45, 2.75) is 6.10 Å². The third kappa shape index (κ3) is 5.21. The highest BCUT2D eigenvalue weighted by atomic mass is 16.6. The lowest BCUT2D eigenvalue weighted by Crippen LogP contribution is -2.23. The van der Waals surface area contributed by atoms with Gasteiger partial charge in [-0.15, -0.1) is 0 Å². The molecule has 0 unspecified atom stereocenters. The highest BCUT2D eigenvalue weighted by molar-refractivity contribution is 5.90. The molecule has 0 aromatic heterocycles. The molecule has 122 valence electrons. The molecule has 0 heterocycles. The molecule has 0 aliphatic carbocycles. The molecule has 1 atom stereocenters. The lowest BCUT2D eigenvalue weighted by atomic mass is 10.2. The Labute approximate surface area is 139 Å². The van der Waals surface area contributed by atoms with Gasteiger partial charge in [0, 0.05) is 0 Å². The monoisotopic (exact) mass is 324 g/mol. The summed E-state index contributed by atoms with van der Waals surface area (Å²) in [6.45, 7) is -0.184. The maximum Gasteiger partial charge on any atom is 0.338 e. The molecule has 0 aliphatic rings. The van der Waals surface area contributed by atoms with Gasteiger partial charge in [0.15, 0.2) is 6.10 Å². The van der Waals surface area contributed by atoms with Gasteiger partial charge in [0.2, 0.25) is 0 Å². The Bertz CT molecular complexity index is 707. The fourth-order valence-electron chi connectivity index (χ4n) is 1.89. The summed E-state index contributed by atoms with van der Waals surface area (Å²) in [7, 11) is 0. The molecule has 2 aromatic rings. The van der Waals surface area contributed by atoms with Crippen LogP contribution in [0.15, 0.2) is 72.8 Å². The number of benzene rings is 2. The Hall–Kier alpha value is -3.21. The van der Waals surface area contributed by atoms with E-state index in [1.807, 2.05) is 0 Å². The number of hydrogen-bond donors (Lipinski definition) is 0. The standard InChI is InChI=1S/C19H16O5/c20-13-7-12-17(24-19(22)16-10-5-2-6-11-16)14-23-18(21)15-8-3-1-4-9-15/h1-13,17H,14H2/b12-7+/t17-/m1/s1. The van der Waals surface area contributed by atoms with Gasteiger partial charge in [-0.25, -0.2) is 9.59 Å². The van der Waals surface area contributed by atoms with Crippen LogP contribution < -0.4 is 0 Å². The van der Waals surface area contributed by atoms with Crippen molar-refractivity contribution < 1.29 is 23.9 Å². The minimum absolute atomic E-state index is 0.184. The zero-order valence-corrected chi connectivity index (χ0v) is 12.8. The molecule has 0 spiro atoms. The topological polar surface area (TPSA) is 69.7 Å². The van der Waals surface area contributed by atoms with Gasteiger partial charge in [0.1, 0.15) is 12.9 Å². The predicted molar refractivity (Wildman–Crippen MR) is 87.6 cm³/mol. The molecule has 0 aliphatic heterocycles. The molecule has 24 heavy (non-hydrogen) atoms. The van der Waals surface area contributed by atoms with Crippen molar-refractivity contribution in [3.63, 3.8) is 0 Å². The minimum Gasteiger partial charge on any atom is -0.458 e. The lowest BCUT2D eigenvalue weighted by Gasteiger charge is -2.14. The van der Waals surface area contributed by atoms with E-state index < -0.39 is 18.0 Å². The van der Waals surface area contributed by atoms with Gasteiger partial charge in [-0.2, -0.15) is 0 Å². The van der Waals surface area contributed by atoms with Crippen LogP contribution in [0, 0.1) is 0 Å². The van der Waals surface area contributed by atoms with Crippen LogP contribution in [-0.2, 0) is 14.3 Å². The Morgan fingerprint density at radius 3 is 1.96 bits per heavy atom. The largest absolute Gasteiger partial charge is 0.458 e. The van der Waals surface area contributed by atoms with Crippen LogP contribution in [0.25, 0.3) is 0 Å². The second kappa shape index (κ2) is 9.05. The first kappa shape index (κ1) is 17.1. The zero-order chi connectivity index (χ0) is 17.2. The summed E-state index contributed by atoms with van der Waals surface area (Å²) in [6, 6.07) is 16.9. The lowest BCUT2D eigenvalue weighted by molar-refractivity contribution is -0.104. The first-order valence-corrected chi connectivity index (χ1v) is 7.31. The van der Waals surface area contributed by atoms with Crippen LogP contribution in [0.2, 0.25) is 0 Å². The molecule has 0 saturated carbocycles. The quantitative estimate of drug-likeness (QED) is 0.445. The van der Waals surface area contributed by atoms with Crippen LogP contribution >= 0.6 is 0 Å². The van der Waals surface area contributed by atoms with E-state index in [0.717, 1.165) is 0 Å². The summed E-state index contributed by atoms with van der Waals surface area (Å²) < 4.78 is 10.4. The summed E-state index contributed by atoms with van der Waals surface area (Å²) in [5, 5.41) is 0. The maximum atomic E-state index is 12.0. The van der Waals surface area contributed by atoms with E-state index >= 15 is 0 Å². The summed E-state index contributed by atoms with van der Waals surface area (Å²) in [5.74, 6) is -1.09. The van der Waals surface area contributed by atoms with Gasteiger partial charge in [0.05, 0.1) is 11.1 Å². The number of carbonyl (C=O) groups is 3. The molecule has 5 nitrogen and oxygen atoms in total. The number of hydrogen-bond acceptors (Lipinski definition) is 5. The molecule has 0 bridgehead atoms. The van der Waals surface area contributed by atoms with Gasteiger partial charge in [-0.3, -0.25) is 4.79 Å². The van der Waals surface area contributed by atoms with E-state index in [2.05, 4.69) is 0 Å². The van der Waals surface area contributed by atoms with Crippen molar-refractivity contribution in [2.75, 3.05) is 6.61 Å². The van der Waals surface area contributed by atoms with Crippen LogP contribution in [0.5, 0.6) is 0 Å². The fraction of sp³-hybridized carbons (Fsp3) is 0.105. The molecule has 0 fully saturated rings. The Kier molecular flexibility index (Phi) is 6.46. The number of allylic oxidation sites excluding steroid dienone is 1. The van der Waals surface area contributed by atoms with E-state index in [9.17, 15) is 14.4 Å². The second-order valence-corrected chi connectivity index (χ2v) is 4.80. The SMILES string of the molecule is O=C/C=C/[C@H](COC(=O)c1ccccc1)OC(=O)c1ccccc1. The van der Waals surface area contributed by atoms with Crippen LogP contribution in [0.3, 0.4) is 0 Å². The van der Waals surface area contributed by atoms with Crippen LogP contribution in [-0.4, -0.2) is 30.9 Å². The number of carbonyl (C=O) groups excluding carboxylic acids is 3. The number of ether oxygens (including phenoxy) is 2. The van der Waals surface area contributed by atoms with Crippen molar-refractivity contribution in [1.82, 2.24) is 0 Å². The van der Waals surface area contributed by atoms with E-state index in [1.165, 1.54) is 12.2 Å². The number of rotatable bonds is 7. The highest BCUT2D eigenvalue weighted by Crippen LogP contribution is 2.07. The minimum atomic E-state index is -0.851. The Morgan fingerprint density at radius 1 is 0.875 bits per heavy atom. The molecule has 5 heteroatoms. The molecule has 0 N–H and O–H groups in total. The predicted octanol–water partition coefficient (Wildman–Crippen LogP) is 2.82. The first-order valence-electron chi connectivity index (χ1n) is 7.31. The summed E-state index contributed by atoms with van der Waals surface area (Å²) >= 11 is 0. The van der Waals surface area contributed by atoms with Crippen molar-refractivity contribution in [3.8, 4) is 0 Å². The van der Waals surface area contributed by atoms with Crippen molar-refractivity contribution in [1.29, 1.82) is 0 Å². The smallest absolute Gasteiger partial charge is 0.338 e. The molecule has 0 radical (unpaired) electrons. The highest BCUT2D eigenvalue weighted by Gasteiger charge is 2.16. The first-order chi connectivity index (χ1) is 11.7. The van der Waals surface area contributed by atoms with Gasteiger partial charge in [-0.1, -0.05) is 36.4 Å². The number of aldehydes is 1. The third-order valence-corrected chi connectivity index (χ3v) is 3.06. The zero-order valence-electron chi connectivity index (χ0n) is 12.8. The van der Waals surface area contributed by atoms with Crippen molar-refractivity contribution in [3.05, 3.63) is 83.9 Å². The Morgan fingerprint density at radius 2 is 1.42 bits per heavy atom. The second-order valence-electron chi connectivity index (χ2n) is 4.80.